The number of ether oxygens (including phenoxy) is 1. The topological polar surface area (TPSA) is 98.5 Å². The number of Topliss-reactive ketones (excluding diaryl/α,β-unsaturated/α-hetero) is 1. The Morgan fingerprint density at radius 3 is 2.63 bits per heavy atom. The van der Waals surface area contributed by atoms with Crippen molar-refractivity contribution < 1.29 is 23.5 Å². The smallest absolute Gasteiger partial charge is 0.339 e. The summed E-state index contributed by atoms with van der Waals surface area (Å²) in [7, 11) is 0. The minimum Gasteiger partial charge on any atom is -0.465 e. The lowest BCUT2D eigenvalue weighted by Gasteiger charge is -2.13. The number of furan rings is 1. The molecule has 0 atom stereocenters. The van der Waals surface area contributed by atoms with E-state index in [-0.39, 0.29) is 5.78 Å². The zero-order chi connectivity index (χ0) is 24.4. The van der Waals surface area contributed by atoms with Crippen LogP contribution >= 0.6 is 0 Å². The number of fused-ring (bicyclic) bond motifs is 2. The third-order valence-corrected chi connectivity index (χ3v) is 5.92. The molecule has 2 heterocycles. The first kappa shape index (κ1) is 22.3. The lowest BCUT2D eigenvalue weighted by atomic mass is 10.0. The van der Waals surface area contributed by atoms with E-state index in [2.05, 4.69) is 5.32 Å². The number of rotatable bonds is 6. The molecule has 2 aromatic heterocycles. The van der Waals surface area contributed by atoms with Crippen molar-refractivity contribution >= 4 is 45.9 Å². The van der Waals surface area contributed by atoms with Gasteiger partial charge in [-0.25, -0.2) is 9.78 Å². The minimum absolute atomic E-state index is 0.171. The third-order valence-electron chi connectivity index (χ3n) is 5.92. The highest BCUT2D eigenvalue weighted by Crippen LogP contribution is 2.37. The number of para-hydroxylation sites is 2. The van der Waals surface area contributed by atoms with E-state index in [1.54, 1.807) is 30.5 Å². The molecule has 0 spiro atoms. The van der Waals surface area contributed by atoms with Crippen LogP contribution in [-0.2, 0) is 16.0 Å². The predicted molar refractivity (Wildman–Crippen MR) is 132 cm³/mol. The molecule has 1 aliphatic rings. The van der Waals surface area contributed by atoms with E-state index in [0.29, 0.717) is 40.6 Å². The van der Waals surface area contributed by atoms with Crippen LogP contribution in [0.3, 0.4) is 0 Å². The normalized spacial score (nSPS) is 13.6. The number of aromatic nitrogens is 1. The quantitative estimate of drug-likeness (QED) is 0.305. The van der Waals surface area contributed by atoms with Crippen LogP contribution in [0.4, 0.5) is 5.69 Å². The number of ketones is 1. The Morgan fingerprint density at radius 2 is 1.83 bits per heavy atom. The summed E-state index contributed by atoms with van der Waals surface area (Å²) >= 11 is 0. The second-order valence-electron chi connectivity index (χ2n) is 8.24. The van der Waals surface area contributed by atoms with Gasteiger partial charge in [0.25, 0.3) is 5.91 Å². The fourth-order valence-electron chi connectivity index (χ4n) is 4.35. The van der Waals surface area contributed by atoms with Crippen molar-refractivity contribution in [1.29, 1.82) is 0 Å². The molecule has 2 aromatic carbocycles. The van der Waals surface area contributed by atoms with Crippen LogP contribution in [0.2, 0.25) is 0 Å². The number of pyridine rings is 1. The van der Waals surface area contributed by atoms with Crippen molar-refractivity contribution in [3.8, 4) is 0 Å². The number of allylic oxidation sites excluding steroid dienone is 1. The molecule has 0 aliphatic heterocycles. The maximum absolute atomic E-state index is 13.3. The zero-order valence-corrected chi connectivity index (χ0v) is 19.0. The second kappa shape index (κ2) is 9.38. The van der Waals surface area contributed by atoms with Gasteiger partial charge in [0, 0.05) is 10.9 Å². The Hall–Kier alpha value is -4.52. The number of amides is 1. The summed E-state index contributed by atoms with van der Waals surface area (Å²) < 4.78 is 10.9. The largest absolute Gasteiger partial charge is 0.465 e. The molecule has 5 rings (SSSR count). The molecule has 35 heavy (non-hydrogen) atoms. The third kappa shape index (κ3) is 4.48. The second-order valence-corrected chi connectivity index (χ2v) is 8.24. The van der Waals surface area contributed by atoms with Gasteiger partial charge in [0.15, 0.2) is 12.4 Å². The molecule has 0 bridgehead atoms. The van der Waals surface area contributed by atoms with E-state index in [4.69, 9.17) is 14.1 Å². The number of anilines is 1. The van der Waals surface area contributed by atoms with Crippen LogP contribution in [0.5, 0.6) is 0 Å². The summed E-state index contributed by atoms with van der Waals surface area (Å²) in [6.07, 6.45) is 4.88. The average Bonchev–Trinajstić information content (AvgIpc) is 3.52. The van der Waals surface area contributed by atoms with Crippen molar-refractivity contribution in [1.82, 2.24) is 4.98 Å². The highest BCUT2D eigenvalue weighted by Gasteiger charge is 2.28. The van der Waals surface area contributed by atoms with Crippen molar-refractivity contribution in [2.24, 2.45) is 0 Å². The van der Waals surface area contributed by atoms with E-state index < -0.39 is 18.5 Å². The SMILES string of the molecule is CC(=O)c1ccccc1NC(=O)COC(=O)c1c2c(nc3ccccc13)C(=Cc1ccco1)CC2. The molecule has 0 unspecified atom stereocenters. The maximum Gasteiger partial charge on any atom is 0.339 e. The number of carbonyl (C=O) groups excluding carboxylic acids is 3. The zero-order valence-electron chi connectivity index (χ0n) is 19.0. The summed E-state index contributed by atoms with van der Waals surface area (Å²) in [5, 5.41) is 3.33. The number of hydrogen-bond acceptors (Lipinski definition) is 6. The first-order valence-corrected chi connectivity index (χ1v) is 11.2. The van der Waals surface area contributed by atoms with Gasteiger partial charge in [-0.05, 0) is 67.3 Å². The first-order valence-electron chi connectivity index (χ1n) is 11.2. The molecular weight excluding hydrogens is 444 g/mol. The Labute approximate surface area is 201 Å². The van der Waals surface area contributed by atoms with E-state index in [1.165, 1.54) is 6.92 Å². The van der Waals surface area contributed by atoms with E-state index in [9.17, 15) is 14.4 Å². The molecule has 7 heteroatoms. The standard InChI is InChI=1S/C28H22N2O5/c1-17(31)20-8-2-4-10-23(20)29-25(32)16-35-28(33)26-21-9-3-5-11-24(21)30-27-18(12-13-22(26)27)15-19-7-6-14-34-19/h2-11,14-15H,12-13,16H2,1H3,(H,29,32). The first-order chi connectivity index (χ1) is 17.0. The summed E-state index contributed by atoms with van der Waals surface area (Å²) in [5.74, 6) is -0.570. The number of hydrogen-bond donors (Lipinski definition) is 1. The Morgan fingerprint density at radius 1 is 1.03 bits per heavy atom. The van der Waals surface area contributed by atoms with Gasteiger partial charge in [-0.3, -0.25) is 9.59 Å². The molecule has 7 nitrogen and oxygen atoms in total. The van der Waals surface area contributed by atoms with Gasteiger partial charge in [-0.15, -0.1) is 0 Å². The van der Waals surface area contributed by atoms with Gasteiger partial charge in [0.2, 0.25) is 0 Å². The van der Waals surface area contributed by atoms with Crippen molar-refractivity contribution in [2.45, 2.75) is 19.8 Å². The molecule has 1 amide bonds. The summed E-state index contributed by atoms with van der Waals surface area (Å²) in [4.78, 5) is 42.4. The number of nitrogens with zero attached hydrogens (tertiary/aromatic N) is 1. The molecule has 0 saturated heterocycles. The summed E-state index contributed by atoms with van der Waals surface area (Å²) in [6.45, 7) is 0.945. The molecule has 1 N–H and O–H groups in total. The van der Waals surface area contributed by atoms with Crippen molar-refractivity contribution in [2.75, 3.05) is 11.9 Å². The van der Waals surface area contributed by atoms with Crippen molar-refractivity contribution in [3.63, 3.8) is 0 Å². The van der Waals surface area contributed by atoms with E-state index in [1.807, 2.05) is 42.5 Å². The predicted octanol–water partition coefficient (Wildman–Crippen LogP) is 5.31. The highest BCUT2D eigenvalue weighted by molar-refractivity contribution is 6.08. The Bertz CT molecular complexity index is 1480. The van der Waals surface area contributed by atoms with Gasteiger partial charge in [0.05, 0.1) is 28.7 Å². The summed E-state index contributed by atoms with van der Waals surface area (Å²) in [6, 6.07) is 17.8. The molecule has 0 radical (unpaired) electrons. The minimum atomic E-state index is -0.589. The maximum atomic E-state index is 13.3. The van der Waals surface area contributed by atoms with Crippen LogP contribution in [0.25, 0.3) is 22.6 Å². The van der Waals surface area contributed by atoms with Gasteiger partial charge < -0.3 is 14.5 Å². The number of benzene rings is 2. The van der Waals surface area contributed by atoms with Crippen molar-refractivity contribution in [3.05, 3.63) is 95.1 Å². The Kier molecular flexibility index (Phi) is 5.97. The monoisotopic (exact) mass is 466 g/mol. The van der Waals surface area contributed by atoms with Gasteiger partial charge >= 0.3 is 5.97 Å². The average molecular weight is 466 g/mol. The van der Waals surface area contributed by atoms with Crippen LogP contribution < -0.4 is 5.32 Å². The highest BCUT2D eigenvalue weighted by atomic mass is 16.5. The lowest BCUT2D eigenvalue weighted by Crippen LogP contribution is -2.22. The number of nitrogens with one attached hydrogen (secondary N) is 1. The lowest BCUT2D eigenvalue weighted by molar-refractivity contribution is -0.119. The molecular formula is C28H22N2O5. The van der Waals surface area contributed by atoms with Crippen LogP contribution in [0.1, 0.15) is 51.1 Å². The molecule has 1 aliphatic carbocycles. The van der Waals surface area contributed by atoms with Crippen LogP contribution in [0, 0.1) is 0 Å². The van der Waals surface area contributed by atoms with E-state index >= 15 is 0 Å². The molecule has 0 saturated carbocycles. The molecule has 174 valence electrons. The van der Waals surface area contributed by atoms with Crippen LogP contribution in [-0.4, -0.2) is 29.3 Å². The number of carbonyl (C=O) groups is 3. The molecule has 0 fully saturated rings. The Balaban J connectivity index is 1.41. The number of esters is 1. The van der Waals surface area contributed by atoms with Gasteiger partial charge in [-0.2, -0.15) is 0 Å². The van der Waals surface area contributed by atoms with Gasteiger partial charge in [-0.1, -0.05) is 30.3 Å². The fourth-order valence-corrected chi connectivity index (χ4v) is 4.35. The van der Waals surface area contributed by atoms with E-state index in [0.717, 1.165) is 22.6 Å². The molecule has 4 aromatic rings. The van der Waals surface area contributed by atoms with Gasteiger partial charge in [0.1, 0.15) is 5.76 Å². The van der Waals surface area contributed by atoms with Crippen LogP contribution in [0.15, 0.2) is 71.3 Å². The fraction of sp³-hybridized carbons (Fsp3) is 0.143. The summed E-state index contributed by atoms with van der Waals surface area (Å²) in [5.41, 5.74) is 4.38.